The lowest BCUT2D eigenvalue weighted by Crippen LogP contribution is -2.33. The largest absolute Gasteiger partial charge is 0.397 e. The number of methoxy groups -OCH3 is 1. The number of hydrogen-bond donors (Lipinski definition) is 2. The van der Waals surface area contributed by atoms with Crippen LogP contribution in [0.1, 0.15) is 34.6 Å². The molecule has 2 atom stereocenters. The van der Waals surface area contributed by atoms with Gasteiger partial charge in [0.05, 0.1) is 11.8 Å². The Morgan fingerprint density at radius 3 is 3.00 bits per heavy atom. The Hall–Kier alpha value is -1.66. The molecule has 0 bridgehead atoms. The van der Waals surface area contributed by atoms with E-state index in [4.69, 9.17) is 10.5 Å². The SMILES string of the molecule is COC1CCC(NC(=O)c2sc3nc(C)ccc3c2N)C1. The van der Waals surface area contributed by atoms with Crippen LogP contribution in [0.15, 0.2) is 12.1 Å². The molecular formula is C15H19N3O2S. The molecule has 1 amide bonds. The molecule has 3 N–H and O–H groups in total. The number of thiophene rings is 1. The lowest BCUT2D eigenvalue weighted by molar-refractivity contribution is 0.0919. The number of carbonyl (C=O) groups is 1. The van der Waals surface area contributed by atoms with E-state index in [1.165, 1.54) is 11.3 Å². The van der Waals surface area contributed by atoms with E-state index in [0.29, 0.717) is 10.6 Å². The molecule has 2 aromatic heterocycles. The summed E-state index contributed by atoms with van der Waals surface area (Å²) in [5.41, 5.74) is 7.56. The van der Waals surface area contributed by atoms with Crippen LogP contribution in [-0.4, -0.2) is 30.1 Å². The third kappa shape index (κ3) is 2.73. The van der Waals surface area contributed by atoms with Gasteiger partial charge in [-0.1, -0.05) is 0 Å². The van der Waals surface area contributed by atoms with Gasteiger partial charge in [0.2, 0.25) is 0 Å². The second kappa shape index (κ2) is 5.61. The summed E-state index contributed by atoms with van der Waals surface area (Å²) in [6.45, 7) is 1.93. The third-order valence-electron chi connectivity index (χ3n) is 3.99. The number of pyridine rings is 1. The number of rotatable bonds is 3. The first-order valence-corrected chi connectivity index (χ1v) is 7.89. The molecule has 1 fully saturated rings. The maximum atomic E-state index is 12.4. The number of ether oxygens (including phenoxy) is 1. The van der Waals surface area contributed by atoms with Gasteiger partial charge in [0.25, 0.3) is 5.91 Å². The summed E-state index contributed by atoms with van der Waals surface area (Å²) in [4.78, 5) is 18.2. The van der Waals surface area contributed by atoms with Gasteiger partial charge in [-0.3, -0.25) is 4.79 Å². The minimum atomic E-state index is -0.102. The summed E-state index contributed by atoms with van der Waals surface area (Å²) in [5.74, 6) is -0.102. The first kappa shape index (κ1) is 14.3. The topological polar surface area (TPSA) is 77.2 Å². The number of aryl methyl sites for hydroxylation is 1. The summed E-state index contributed by atoms with van der Waals surface area (Å²) in [5, 5.41) is 3.92. The number of aromatic nitrogens is 1. The lowest BCUT2D eigenvalue weighted by Gasteiger charge is -2.12. The number of amides is 1. The fourth-order valence-electron chi connectivity index (χ4n) is 2.79. The van der Waals surface area contributed by atoms with Gasteiger partial charge < -0.3 is 15.8 Å². The van der Waals surface area contributed by atoms with E-state index >= 15 is 0 Å². The molecule has 0 saturated heterocycles. The Kier molecular flexibility index (Phi) is 3.82. The van der Waals surface area contributed by atoms with Crippen LogP contribution in [0.4, 0.5) is 5.69 Å². The summed E-state index contributed by atoms with van der Waals surface area (Å²) in [6, 6.07) is 4.01. The van der Waals surface area contributed by atoms with Crippen molar-refractivity contribution >= 4 is 33.1 Å². The normalized spacial score (nSPS) is 21.8. The summed E-state index contributed by atoms with van der Waals surface area (Å²) < 4.78 is 5.33. The number of hydrogen-bond acceptors (Lipinski definition) is 5. The molecule has 3 rings (SSSR count). The van der Waals surface area contributed by atoms with Crippen LogP contribution < -0.4 is 11.1 Å². The van der Waals surface area contributed by atoms with Crippen molar-refractivity contribution in [3.63, 3.8) is 0 Å². The average Bonchev–Trinajstić information content (AvgIpc) is 3.03. The molecule has 5 nitrogen and oxygen atoms in total. The second-order valence-corrected chi connectivity index (χ2v) is 6.49. The third-order valence-corrected chi connectivity index (χ3v) is 5.11. The molecule has 112 valence electrons. The molecule has 1 aliphatic carbocycles. The van der Waals surface area contributed by atoms with E-state index in [2.05, 4.69) is 10.3 Å². The molecule has 0 aliphatic heterocycles. The van der Waals surface area contributed by atoms with E-state index in [1.54, 1.807) is 7.11 Å². The molecule has 2 heterocycles. The quantitative estimate of drug-likeness (QED) is 0.913. The van der Waals surface area contributed by atoms with E-state index in [1.807, 2.05) is 19.1 Å². The standard InChI is InChI=1S/C15H19N3O2S/c1-8-3-6-11-12(16)13(21-15(11)17-8)14(19)18-9-4-5-10(7-9)20-2/h3,6,9-10H,4-5,7,16H2,1-2H3,(H,18,19). The van der Waals surface area contributed by atoms with Crippen molar-refractivity contribution in [3.8, 4) is 0 Å². The molecule has 6 heteroatoms. The lowest BCUT2D eigenvalue weighted by atomic mass is 10.2. The zero-order valence-electron chi connectivity index (χ0n) is 12.2. The minimum absolute atomic E-state index is 0.102. The van der Waals surface area contributed by atoms with Crippen LogP contribution in [0.3, 0.4) is 0 Å². The van der Waals surface area contributed by atoms with Crippen LogP contribution in [-0.2, 0) is 4.74 Å². The van der Waals surface area contributed by atoms with Crippen molar-refractivity contribution in [2.24, 2.45) is 0 Å². The molecule has 0 aromatic carbocycles. The Balaban J connectivity index is 1.80. The Bertz CT molecular complexity index is 683. The summed E-state index contributed by atoms with van der Waals surface area (Å²) in [7, 11) is 1.72. The number of fused-ring (bicyclic) bond motifs is 1. The number of nitrogens with two attached hydrogens (primary N) is 1. The number of carbonyl (C=O) groups excluding carboxylic acids is 1. The average molecular weight is 305 g/mol. The van der Waals surface area contributed by atoms with Crippen molar-refractivity contribution < 1.29 is 9.53 Å². The minimum Gasteiger partial charge on any atom is -0.397 e. The highest BCUT2D eigenvalue weighted by Gasteiger charge is 2.27. The zero-order valence-corrected chi connectivity index (χ0v) is 13.0. The van der Waals surface area contributed by atoms with Crippen molar-refractivity contribution in [1.29, 1.82) is 0 Å². The fraction of sp³-hybridized carbons (Fsp3) is 0.467. The summed E-state index contributed by atoms with van der Waals surface area (Å²) in [6.07, 6.45) is 3.06. The van der Waals surface area contributed by atoms with Gasteiger partial charge >= 0.3 is 0 Å². The maximum absolute atomic E-state index is 12.4. The van der Waals surface area contributed by atoms with Crippen molar-refractivity contribution in [1.82, 2.24) is 10.3 Å². The highest BCUT2D eigenvalue weighted by Crippen LogP contribution is 2.33. The Labute approximate surface area is 127 Å². The number of nitrogens with one attached hydrogen (secondary N) is 1. The van der Waals surface area contributed by atoms with Crippen LogP contribution in [0.2, 0.25) is 0 Å². The fourth-order valence-corrected chi connectivity index (χ4v) is 3.84. The molecule has 1 aliphatic rings. The van der Waals surface area contributed by atoms with Gasteiger partial charge in [-0.05, 0) is 38.3 Å². The molecule has 21 heavy (non-hydrogen) atoms. The molecule has 1 saturated carbocycles. The predicted octanol–water partition coefficient (Wildman–Crippen LogP) is 2.48. The van der Waals surface area contributed by atoms with Gasteiger partial charge in [0.1, 0.15) is 9.71 Å². The number of nitrogen functional groups attached to an aromatic ring is 1. The van der Waals surface area contributed by atoms with Gasteiger partial charge in [0, 0.05) is 24.2 Å². The zero-order chi connectivity index (χ0) is 15.0. The van der Waals surface area contributed by atoms with E-state index < -0.39 is 0 Å². The Morgan fingerprint density at radius 1 is 1.48 bits per heavy atom. The predicted molar refractivity (Wildman–Crippen MR) is 84.7 cm³/mol. The van der Waals surface area contributed by atoms with E-state index in [0.717, 1.165) is 35.2 Å². The molecular weight excluding hydrogens is 286 g/mol. The monoisotopic (exact) mass is 305 g/mol. The maximum Gasteiger partial charge on any atom is 0.263 e. The van der Waals surface area contributed by atoms with Crippen molar-refractivity contribution in [2.45, 2.75) is 38.3 Å². The van der Waals surface area contributed by atoms with Crippen molar-refractivity contribution in [2.75, 3.05) is 12.8 Å². The molecule has 0 radical (unpaired) electrons. The van der Waals surface area contributed by atoms with E-state index in [-0.39, 0.29) is 18.1 Å². The number of anilines is 1. The molecule has 2 aromatic rings. The van der Waals surface area contributed by atoms with Crippen LogP contribution in [0.5, 0.6) is 0 Å². The second-order valence-electron chi connectivity index (χ2n) is 5.49. The highest BCUT2D eigenvalue weighted by atomic mass is 32.1. The van der Waals surface area contributed by atoms with Gasteiger partial charge in [0.15, 0.2) is 0 Å². The molecule has 2 unspecified atom stereocenters. The highest BCUT2D eigenvalue weighted by molar-refractivity contribution is 7.21. The van der Waals surface area contributed by atoms with Gasteiger partial charge in [-0.2, -0.15) is 0 Å². The van der Waals surface area contributed by atoms with Gasteiger partial charge in [-0.25, -0.2) is 4.98 Å². The van der Waals surface area contributed by atoms with Crippen LogP contribution in [0, 0.1) is 6.92 Å². The number of nitrogens with zero attached hydrogens (tertiary/aromatic N) is 1. The first-order chi connectivity index (χ1) is 10.1. The summed E-state index contributed by atoms with van der Waals surface area (Å²) >= 11 is 1.36. The van der Waals surface area contributed by atoms with Crippen LogP contribution >= 0.6 is 11.3 Å². The first-order valence-electron chi connectivity index (χ1n) is 7.07. The molecule has 0 spiro atoms. The van der Waals surface area contributed by atoms with Gasteiger partial charge in [-0.15, -0.1) is 11.3 Å². The Morgan fingerprint density at radius 2 is 2.29 bits per heavy atom. The van der Waals surface area contributed by atoms with Crippen molar-refractivity contribution in [3.05, 3.63) is 22.7 Å². The smallest absolute Gasteiger partial charge is 0.263 e. The van der Waals surface area contributed by atoms with Crippen LogP contribution in [0.25, 0.3) is 10.2 Å². The van der Waals surface area contributed by atoms with E-state index in [9.17, 15) is 4.79 Å².